The van der Waals surface area contributed by atoms with Gasteiger partial charge in [-0.2, -0.15) is 0 Å². The van der Waals surface area contributed by atoms with Crippen molar-refractivity contribution in [3.05, 3.63) is 33.8 Å². The van der Waals surface area contributed by atoms with E-state index in [1.54, 1.807) is 18.2 Å². The van der Waals surface area contributed by atoms with Crippen LogP contribution in [-0.4, -0.2) is 72.3 Å². The molecule has 0 saturated carbocycles. The van der Waals surface area contributed by atoms with Crippen LogP contribution in [0.25, 0.3) is 0 Å². The summed E-state index contributed by atoms with van der Waals surface area (Å²) in [6, 6.07) is 4.96. The number of amides is 2. The maximum atomic E-state index is 12.6. The third kappa shape index (κ3) is 4.90. The van der Waals surface area contributed by atoms with E-state index in [9.17, 15) is 9.59 Å². The second-order valence-corrected chi connectivity index (χ2v) is 7.81. The molecule has 26 heavy (non-hydrogen) atoms. The first-order chi connectivity index (χ1) is 12.5. The number of carbonyl (C=O) groups is 2. The minimum absolute atomic E-state index is 0.0398. The van der Waals surface area contributed by atoms with Crippen molar-refractivity contribution in [2.24, 2.45) is 0 Å². The second-order valence-electron chi connectivity index (χ2n) is 6.99. The Morgan fingerprint density at radius 3 is 2.08 bits per heavy atom. The topological polar surface area (TPSA) is 43.9 Å². The van der Waals surface area contributed by atoms with Gasteiger partial charge in [-0.1, -0.05) is 36.0 Å². The molecule has 0 atom stereocenters. The molecule has 0 spiro atoms. The summed E-state index contributed by atoms with van der Waals surface area (Å²) in [5, 5.41) is 0.833. The molecule has 0 bridgehead atoms. The van der Waals surface area contributed by atoms with E-state index in [4.69, 9.17) is 23.2 Å². The van der Waals surface area contributed by atoms with E-state index in [1.165, 1.54) is 12.8 Å². The van der Waals surface area contributed by atoms with Crippen LogP contribution in [0.5, 0.6) is 0 Å². The summed E-state index contributed by atoms with van der Waals surface area (Å²) in [4.78, 5) is 31.1. The maximum Gasteiger partial charge on any atom is 0.253 e. The summed E-state index contributed by atoms with van der Waals surface area (Å²) in [6.07, 6.45) is 4.66. The standard InChI is InChI=1S/C19H25Cl2N3O2/c20-16-6-5-15(13-17(16)21)19(26)24-11-9-22(10-12-24)14-18(25)23-7-3-1-2-4-8-23/h5-6,13H,1-4,7-12,14H2. The van der Waals surface area contributed by atoms with Gasteiger partial charge in [-0.3, -0.25) is 14.5 Å². The van der Waals surface area contributed by atoms with E-state index in [0.717, 1.165) is 25.9 Å². The summed E-state index contributed by atoms with van der Waals surface area (Å²) in [5.74, 6) is 0.179. The molecule has 0 N–H and O–H groups in total. The van der Waals surface area contributed by atoms with Gasteiger partial charge < -0.3 is 9.80 Å². The third-order valence-electron chi connectivity index (χ3n) is 5.14. The minimum Gasteiger partial charge on any atom is -0.342 e. The molecule has 142 valence electrons. The number of likely N-dealkylation sites (tertiary alicyclic amines) is 1. The highest BCUT2D eigenvalue weighted by molar-refractivity contribution is 6.42. The van der Waals surface area contributed by atoms with Crippen molar-refractivity contribution in [2.45, 2.75) is 25.7 Å². The fraction of sp³-hybridized carbons (Fsp3) is 0.579. The zero-order chi connectivity index (χ0) is 18.5. The Bertz CT molecular complexity index is 652. The Hall–Kier alpha value is -1.30. The summed E-state index contributed by atoms with van der Waals surface area (Å²) in [5.41, 5.74) is 0.550. The fourth-order valence-electron chi connectivity index (χ4n) is 3.53. The predicted octanol–water partition coefficient (Wildman–Crippen LogP) is 3.15. The van der Waals surface area contributed by atoms with Gasteiger partial charge in [0.25, 0.3) is 5.91 Å². The van der Waals surface area contributed by atoms with Crippen molar-refractivity contribution in [1.29, 1.82) is 0 Å². The van der Waals surface area contributed by atoms with Crippen LogP contribution in [0.2, 0.25) is 10.0 Å². The molecule has 3 rings (SSSR count). The Labute approximate surface area is 164 Å². The Morgan fingerprint density at radius 1 is 0.808 bits per heavy atom. The second kappa shape index (κ2) is 9.07. The molecule has 5 nitrogen and oxygen atoms in total. The number of rotatable bonds is 3. The van der Waals surface area contributed by atoms with Gasteiger partial charge in [0.15, 0.2) is 0 Å². The van der Waals surface area contributed by atoms with E-state index in [-0.39, 0.29) is 11.8 Å². The van der Waals surface area contributed by atoms with E-state index in [2.05, 4.69) is 4.90 Å². The van der Waals surface area contributed by atoms with E-state index in [0.29, 0.717) is 48.3 Å². The van der Waals surface area contributed by atoms with Gasteiger partial charge >= 0.3 is 0 Å². The quantitative estimate of drug-likeness (QED) is 0.786. The number of nitrogens with zero attached hydrogens (tertiary/aromatic N) is 3. The van der Waals surface area contributed by atoms with Crippen LogP contribution < -0.4 is 0 Å². The lowest BCUT2D eigenvalue weighted by Gasteiger charge is -2.35. The zero-order valence-corrected chi connectivity index (χ0v) is 16.4. The van der Waals surface area contributed by atoms with Crippen molar-refractivity contribution in [2.75, 3.05) is 45.8 Å². The van der Waals surface area contributed by atoms with E-state index >= 15 is 0 Å². The molecular formula is C19H25Cl2N3O2. The maximum absolute atomic E-state index is 12.6. The van der Waals surface area contributed by atoms with Crippen LogP contribution in [0.15, 0.2) is 18.2 Å². The number of hydrogen-bond donors (Lipinski definition) is 0. The Morgan fingerprint density at radius 2 is 1.46 bits per heavy atom. The van der Waals surface area contributed by atoms with Crippen molar-refractivity contribution >= 4 is 35.0 Å². The molecule has 2 heterocycles. The van der Waals surface area contributed by atoms with Crippen LogP contribution in [-0.2, 0) is 4.79 Å². The molecule has 2 fully saturated rings. The van der Waals surface area contributed by atoms with Crippen molar-refractivity contribution < 1.29 is 9.59 Å². The van der Waals surface area contributed by atoms with Gasteiger partial charge in [-0.15, -0.1) is 0 Å². The SMILES string of the molecule is O=C(CN1CCN(C(=O)c2ccc(Cl)c(Cl)c2)CC1)N1CCCCCC1. The first-order valence-electron chi connectivity index (χ1n) is 9.29. The number of piperazine rings is 1. The Kier molecular flexibility index (Phi) is 6.79. The van der Waals surface area contributed by atoms with Gasteiger partial charge in [0, 0.05) is 44.8 Å². The average Bonchev–Trinajstić information content (AvgIpc) is 2.93. The molecule has 2 saturated heterocycles. The van der Waals surface area contributed by atoms with Crippen LogP contribution in [0, 0.1) is 0 Å². The van der Waals surface area contributed by atoms with Gasteiger partial charge in [0.1, 0.15) is 0 Å². The van der Waals surface area contributed by atoms with Crippen LogP contribution in [0.3, 0.4) is 0 Å². The lowest BCUT2D eigenvalue weighted by atomic mass is 10.2. The highest BCUT2D eigenvalue weighted by Crippen LogP contribution is 2.23. The average molecular weight is 398 g/mol. The molecule has 0 aromatic heterocycles. The molecule has 1 aromatic rings. The van der Waals surface area contributed by atoms with Crippen LogP contribution in [0.1, 0.15) is 36.0 Å². The lowest BCUT2D eigenvalue weighted by molar-refractivity contribution is -0.132. The normalized spacial score (nSPS) is 19.3. The monoisotopic (exact) mass is 397 g/mol. The summed E-state index contributed by atoms with van der Waals surface area (Å²) in [6.45, 7) is 4.88. The minimum atomic E-state index is -0.0398. The molecule has 2 aliphatic rings. The van der Waals surface area contributed by atoms with Crippen LogP contribution >= 0.6 is 23.2 Å². The van der Waals surface area contributed by atoms with Crippen molar-refractivity contribution in [1.82, 2.24) is 14.7 Å². The zero-order valence-electron chi connectivity index (χ0n) is 14.9. The smallest absolute Gasteiger partial charge is 0.253 e. The van der Waals surface area contributed by atoms with E-state index in [1.807, 2.05) is 9.80 Å². The summed E-state index contributed by atoms with van der Waals surface area (Å²) < 4.78 is 0. The molecule has 1 aromatic carbocycles. The molecule has 0 radical (unpaired) electrons. The molecule has 2 amide bonds. The highest BCUT2D eigenvalue weighted by Gasteiger charge is 2.25. The molecule has 0 unspecified atom stereocenters. The first-order valence-corrected chi connectivity index (χ1v) is 10.0. The first kappa shape index (κ1) is 19.5. The molecular weight excluding hydrogens is 373 g/mol. The summed E-state index contributed by atoms with van der Waals surface area (Å²) >= 11 is 11.9. The summed E-state index contributed by atoms with van der Waals surface area (Å²) in [7, 11) is 0. The van der Waals surface area contributed by atoms with Gasteiger partial charge in [-0.25, -0.2) is 0 Å². The number of benzene rings is 1. The van der Waals surface area contributed by atoms with Gasteiger partial charge in [-0.05, 0) is 31.0 Å². The number of hydrogen-bond acceptors (Lipinski definition) is 3. The third-order valence-corrected chi connectivity index (χ3v) is 5.88. The highest BCUT2D eigenvalue weighted by atomic mass is 35.5. The largest absolute Gasteiger partial charge is 0.342 e. The van der Waals surface area contributed by atoms with Gasteiger partial charge in [0.05, 0.1) is 16.6 Å². The molecule has 7 heteroatoms. The van der Waals surface area contributed by atoms with Crippen molar-refractivity contribution in [3.63, 3.8) is 0 Å². The predicted molar refractivity (Wildman–Crippen MR) is 104 cm³/mol. The molecule has 0 aliphatic carbocycles. The lowest BCUT2D eigenvalue weighted by Crippen LogP contribution is -2.51. The molecule has 2 aliphatic heterocycles. The number of halogens is 2. The number of carbonyl (C=O) groups excluding carboxylic acids is 2. The van der Waals surface area contributed by atoms with E-state index < -0.39 is 0 Å². The van der Waals surface area contributed by atoms with Crippen molar-refractivity contribution in [3.8, 4) is 0 Å². The Balaban J connectivity index is 1.49. The van der Waals surface area contributed by atoms with Crippen LogP contribution in [0.4, 0.5) is 0 Å². The van der Waals surface area contributed by atoms with Gasteiger partial charge in [0.2, 0.25) is 5.91 Å². The fourth-order valence-corrected chi connectivity index (χ4v) is 3.83.